The molecule has 3 fully saturated rings. The van der Waals surface area contributed by atoms with Crippen molar-refractivity contribution in [2.24, 2.45) is 5.92 Å². The van der Waals surface area contributed by atoms with Crippen LogP contribution in [0.5, 0.6) is 5.75 Å². The first kappa shape index (κ1) is 24.7. The Bertz CT molecular complexity index is 1360. The second kappa shape index (κ2) is 10.7. The number of hydrogen-bond acceptors (Lipinski definition) is 8. The molecule has 9 nitrogen and oxygen atoms in total. The Hall–Kier alpha value is -3.27. The molecule has 0 amide bonds. The zero-order chi connectivity index (χ0) is 26.2. The molecule has 0 radical (unpaired) electrons. The number of nitrogen functional groups attached to an aromatic ring is 1. The van der Waals surface area contributed by atoms with Crippen LogP contribution >= 0.6 is 0 Å². The van der Waals surface area contributed by atoms with Crippen LogP contribution in [-0.4, -0.2) is 81.4 Å². The smallest absolute Gasteiger partial charge is 0.164 e. The molecule has 0 saturated carbocycles. The molecule has 1 aromatic carbocycles. The number of piperidine rings is 1. The van der Waals surface area contributed by atoms with Crippen LogP contribution in [0.4, 0.5) is 5.82 Å². The Morgan fingerprint density at radius 2 is 1.85 bits per heavy atom. The maximum atomic E-state index is 6.39. The zero-order valence-electron chi connectivity index (χ0n) is 22.5. The lowest BCUT2D eigenvalue weighted by Gasteiger charge is -2.48. The van der Waals surface area contributed by atoms with Crippen LogP contribution in [0.1, 0.15) is 38.1 Å². The van der Waals surface area contributed by atoms with Gasteiger partial charge >= 0.3 is 0 Å². The number of aromatic nitrogens is 4. The minimum Gasteiger partial charge on any atom is -0.458 e. The van der Waals surface area contributed by atoms with Crippen LogP contribution in [-0.2, 0) is 0 Å². The van der Waals surface area contributed by atoms with E-state index in [9.17, 15) is 0 Å². The maximum absolute atomic E-state index is 6.39. The van der Waals surface area contributed by atoms with Crippen molar-refractivity contribution in [3.63, 3.8) is 0 Å². The van der Waals surface area contributed by atoms with E-state index in [1.54, 1.807) is 6.33 Å². The minimum atomic E-state index is 0.306. The summed E-state index contributed by atoms with van der Waals surface area (Å²) < 4.78 is 8.14. The molecule has 3 saturated heterocycles. The number of nitrogens with zero attached hydrogens (tertiary/aromatic N) is 6. The van der Waals surface area contributed by atoms with E-state index in [0.29, 0.717) is 17.9 Å². The minimum absolute atomic E-state index is 0.306. The fourth-order valence-corrected chi connectivity index (χ4v) is 6.59. The normalized spacial score (nSPS) is 23.3. The number of nitrogens with two attached hydrogens (primary N) is 1. The van der Waals surface area contributed by atoms with Crippen LogP contribution in [0.15, 0.2) is 54.6 Å². The molecule has 3 N–H and O–H groups in total. The molecule has 1 unspecified atom stereocenters. The summed E-state index contributed by atoms with van der Waals surface area (Å²) in [6.07, 6.45) is 13.4. The van der Waals surface area contributed by atoms with E-state index in [0.717, 1.165) is 78.5 Å². The summed E-state index contributed by atoms with van der Waals surface area (Å²) in [4.78, 5) is 14.3. The lowest BCUT2D eigenvalue weighted by atomic mass is 9.98. The molecule has 39 heavy (non-hydrogen) atoms. The maximum Gasteiger partial charge on any atom is 0.164 e. The summed E-state index contributed by atoms with van der Waals surface area (Å²) in [6.45, 7) is 8.26. The van der Waals surface area contributed by atoms with E-state index in [2.05, 4.69) is 41.9 Å². The summed E-state index contributed by atoms with van der Waals surface area (Å²) in [5.41, 5.74) is 9.04. The van der Waals surface area contributed by atoms with E-state index in [-0.39, 0.29) is 0 Å². The molecule has 204 valence electrons. The number of nitrogens with one attached hydrogen (secondary N) is 1. The van der Waals surface area contributed by atoms with E-state index in [4.69, 9.17) is 15.6 Å². The molecule has 1 atom stereocenters. The van der Waals surface area contributed by atoms with Crippen molar-refractivity contribution in [2.75, 3.05) is 51.5 Å². The van der Waals surface area contributed by atoms with Crippen molar-refractivity contribution in [2.45, 2.75) is 44.2 Å². The van der Waals surface area contributed by atoms with Crippen LogP contribution in [0.25, 0.3) is 22.3 Å². The Labute approximate surface area is 229 Å². The number of allylic oxidation sites excluding steroid dienone is 3. The van der Waals surface area contributed by atoms with Crippen LogP contribution in [0.2, 0.25) is 0 Å². The van der Waals surface area contributed by atoms with Gasteiger partial charge < -0.3 is 15.8 Å². The van der Waals surface area contributed by atoms with Crippen molar-refractivity contribution >= 4 is 16.9 Å². The number of rotatable bonds is 7. The number of fused-ring (bicyclic) bond motifs is 1. The molecule has 3 aromatic rings. The van der Waals surface area contributed by atoms with Crippen molar-refractivity contribution in [1.29, 1.82) is 0 Å². The molecule has 2 aromatic heterocycles. The van der Waals surface area contributed by atoms with Crippen LogP contribution in [0, 0.1) is 5.92 Å². The van der Waals surface area contributed by atoms with Gasteiger partial charge in [-0.05, 0) is 87.5 Å². The molecule has 9 heteroatoms. The zero-order valence-corrected chi connectivity index (χ0v) is 22.5. The molecular weight excluding hydrogens is 488 g/mol. The molecule has 5 heterocycles. The first-order valence-corrected chi connectivity index (χ1v) is 14.5. The number of ether oxygens (including phenoxy) is 1. The Balaban J connectivity index is 1.04. The fraction of sp³-hybridized carbons (Fsp3) is 0.500. The molecule has 1 aliphatic carbocycles. The average Bonchev–Trinajstić information content (AvgIpc) is 3.61. The van der Waals surface area contributed by atoms with E-state index < -0.39 is 0 Å². The van der Waals surface area contributed by atoms with E-state index >= 15 is 0 Å². The van der Waals surface area contributed by atoms with Crippen molar-refractivity contribution in [3.8, 4) is 17.0 Å². The van der Waals surface area contributed by atoms with Gasteiger partial charge in [0.05, 0.1) is 11.4 Å². The third kappa shape index (κ3) is 5.06. The van der Waals surface area contributed by atoms with Gasteiger partial charge in [0.25, 0.3) is 0 Å². The summed E-state index contributed by atoms with van der Waals surface area (Å²) in [5, 5.41) is 9.43. The molecule has 7 rings (SSSR count). The van der Waals surface area contributed by atoms with Crippen molar-refractivity contribution in [1.82, 2.24) is 34.9 Å². The quantitative estimate of drug-likeness (QED) is 0.482. The third-order valence-electron chi connectivity index (χ3n) is 8.82. The molecule has 3 aliphatic heterocycles. The summed E-state index contributed by atoms with van der Waals surface area (Å²) in [6, 6.07) is 9.09. The van der Waals surface area contributed by atoms with Crippen LogP contribution in [0.3, 0.4) is 0 Å². The number of likely N-dealkylation sites (tertiary alicyclic amines) is 2. The standard InChI is InChI=1S/C30H38N8O/c31-29-27-28(22-6-8-26(9-7-22)39-25-4-2-1-3-5-25)35-38(30(27)34-20-33-29)23-11-14-37(15-12-23)24-18-36(19-24)17-21-10-13-32-16-21/h2,4-9,20-21,23-24,32H,1,3,10-19H2,(H2,31,33,34). The molecule has 0 bridgehead atoms. The third-order valence-corrected chi connectivity index (χ3v) is 8.82. The highest BCUT2D eigenvalue weighted by atomic mass is 16.5. The summed E-state index contributed by atoms with van der Waals surface area (Å²) >= 11 is 0. The van der Waals surface area contributed by atoms with Gasteiger partial charge in [0.15, 0.2) is 5.65 Å². The predicted octanol–water partition coefficient (Wildman–Crippen LogP) is 3.62. The highest BCUT2D eigenvalue weighted by Gasteiger charge is 2.36. The van der Waals surface area contributed by atoms with Gasteiger partial charge in [-0.3, -0.25) is 9.80 Å². The van der Waals surface area contributed by atoms with Gasteiger partial charge in [0.1, 0.15) is 29.3 Å². The second-order valence-corrected chi connectivity index (χ2v) is 11.5. The predicted molar refractivity (Wildman–Crippen MR) is 153 cm³/mol. The Kier molecular flexibility index (Phi) is 6.80. The van der Waals surface area contributed by atoms with Gasteiger partial charge in [-0.15, -0.1) is 0 Å². The fourth-order valence-electron chi connectivity index (χ4n) is 6.59. The van der Waals surface area contributed by atoms with E-state index in [1.807, 2.05) is 30.3 Å². The average molecular weight is 527 g/mol. The SMILES string of the molecule is Nc1ncnc2c1c(-c1ccc(OC3=CCCC=C3)cc1)nn2C1CCN(C2CN(CC3CCNC3)C2)CC1. The lowest BCUT2D eigenvalue weighted by molar-refractivity contribution is 0.00837. The van der Waals surface area contributed by atoms with Crippen LogP contribution < -0.4 is 15.8 Å². The van der Waals surface area contributed by atoms with Gasteiger partial charge in [0, 0.05) is 44.3 Å². The first-order chi connectivity index (χ1) is 19.2. The van der Waals surface area contributed by atoms with Gasteiger partial charge in [-0.25, -0.2) is 14.6 Å². The lowest BCUT2D eigenvalue weighted by Crippen LogP contribution is -2.61. The highest BCUT2D eigenvalue weighted by Crippen LogP contribution is 2.35. The van der Waals surface area contributed by atoms with E-state index in [1.165, 1.54) is 39.1 Å². The number of anilines is 1. The first-order valence-electron chi connectivity index (χ1n) is 14.5. The van der Waals surface area contributed by atoms with Gasteiger partial charge in [-0.2, -0.15) is 5.10 Å². The highest BCUT2D eigenvalue weighted by molar-refractivity contribution is 5.98. The largest absolute Gasteiger partial charge is 0.458 e. The van der Waals surface area contributed by atoms with Gasteiger partial charge in [-0.1, -0.05) is 6.08 Å². The molecular formula is C30H38N8O. The summed E-state index contributed by atoms with van der Waals surface area (Å²) in [5.74, 6) is 3.02. The number of hydrogen-bond donors (Lipinski definition) is 2. The Morgan fingerprint density at radius 1 is 1.00 bits per heavy atom. The number of benzene rings is 1. The summed E-state index contributed by atoms with van der Waals surface area (Å²) in [7, 11) is 0. The second-order valence-electron chi connectivity index (χ2n) is 11.5. The topological polar surface area (TPSA) is 97.4 Å². The monoisotopic (exact) mass is 526 g/mol. The Morgan fingerprint density at radius 3 is 2.59 bits per heavy atom. The van der Waals surface area contributed by atoms with Gasteiger partial charge in [0.2, 0.25) is 0 Å². The van der Waals surface area contributed by atoms with Crippen molar-refractivity contribution in [3.05, 3.63) is 54.6 Å². The molecule has 0 spiro atoms. The van der Waals surface area contributed by atoms with Crippen molar-refractivity contribution < 1.29 is 4.74 Å². The molecule has 4 aliphatic rings.